The van der Waals surface area contributed by atoms with E-state index in [0.29, 0.717) is 17.1 Å². The lowest BCUT2D eigenvalue weighted by atomic mass is 10.1. The molecule has 27 heavy (non-hydrogen) atoms. The van der Waals surface area contributed by atoms with Crippen molar-refractivity contribution in [2.45, 2.75) is 20.0 Å². The van der Waals surface area contributed by atoms with E-state index in [1.807, 2.05) is 25.1 Å². The first-order valence-corrected chi connectivity index (χ1v) is 9.17. The SMILES string of the molecule is C=C(Nc1cc(-n2cnc(C)c2)cc(C(F)(F)F)c1)c1ccc(C)c(I)c1. The molecule has 0 saturated carbocycles. The molecule has 0 spiro atoms. The van der Waals surface area contributed by atoms with Gasteiger partial charge in [0.25, 0.3) is 0 Å². The topological polar surface area (TPSA) is 29.9 Å². The standard InChI is InChI=1S/C20H17F3IN3/c1-12-4-5-15(6-19(12)24)14(3)26-17-7-16(20(21,22)23)8-18(9-17)27-10-13(2)25-11-27/h4-11,26H,3H2,1-2H3. The molecule has 2 aromatic carbocycles. The largest absolute Gasteiger partial charge is 0.416 e. The van der Waals surface area contributed by atoms with Crippen LogP contribution in [-0.4, -0.2) is 9.55 Å². The second-order valence-corrected chi connectivity index (χ2v) is 7.42. The van der Waals surface area contributed by atoms with Crippen LogP contribution in [0.4, 0.5) is 18.9 Å². The number of aryl methyl sites for hydroxylation is 2. The van der Waals surface area contributed by atoms with Crippen LogP contribution in [0.5, 0.6) is 0 Å². The van der Waals surface area contributed by atoms with E-state index in [2.05, 4.69) is 39.5 Å². The number of hydrogen-bond acceptors (Lipinski definition) is 2. The minimum Gasteiger partial charge on any atom is -0.355 e. The van der Waals surface area contributed by atoms with Crippen molar-refractivity contribution >= 4 is 34.0 Å². The van der Waals surface area contributed by atoms with Gasteiger partial charge in [-0.2, -0.15) is 13.2 Å². The minimum absolute atomic E-state index is 0.312. The molecule has 1 heterocycles. The van der Waals surface area contributed by atoms with Crippen molar-refractivity contribution in [3.63, 3.8) is 0 Å². The van der Waals surface area contributed by atoms with E-state index in [0.717, 1.165) is 32.5 Å². The third kappa shape index (κ3) is 4.52. The van der Waals surface area contributed by atoms with Gasteiger partial charge >= 0.3 is 6.18 Å². The molecule has 0 atom stereocenters. The smallest absolute Gasteiger partial charge is 0.355 e. The number of rotatable bonds is 4. The van der Waals surface area contributed by atoms with Crippen molar-refractivity contribution in [2.75, 3.05) is 5.32 Å². The Hall–Kier alpha value is -2.29. The molecule has 0 aliphatic rings. The van der Waals surface area contributed by atoms with Crippen LogP contribution in [0.15, 0.2) is 55.5 Å². The fourth-order valence-electron chi connectivity index (χ4n) is 2.59. The Bertz CT molecular complexity index is 1010. The Morgan fingerprint density at radius 1 is 1.15 bits per heavy atom. The number of benzene rings is 2. The van der Waals surface area contributed by atoms with E-state index >= 15 is 0 Å². The summed E-state index contributed by atoms with van der Waals surface area (Å²) in [6.07, 6.45) is -1.29. The lowest BCUT2D eigenvalue weighted by molar-refractivity contribution is -0.137. The highest BCUT2D eigenvalue weighted by Crippen LogP contribution is 2.34. The van der Waals surface area contributed by atoms with Gasteiger partial charge in [-0.1, -0.05) is 18.7 Å². The molecule has 3 nitrogen and oxygen atoms in total. The van der Waals surface area contributed by atoms with Crippen molar-refractivity contribution in [1.29, 1.82) is 0 Å². The second kappa shape index (κ2) is 7.38. The molecule has 140 valence electrons. The summed E-state index contributed by atoms with van der Waals surface area (Å²) in [6.45, 7) is 7.75. The summed E-state index contributed by atoms with van der Waals surface area (Å²) in [6, 6.07) is 9.61. The van der Waals surface area contributed by atoms with Crippen LogP contribution in [0.3, 0.4) is 0 Å². The van der Waals surface area contributed by atoms with E-state index in [1.165, 1.54) is 6.33 Å². The number of aromatic nitrogens is 2. The first-order chi connectivity index (χ1) is 12.6. The van der Waals surface area contributed by atoms with Crippen LogP contribution < -0.4 is 5.32 Å². The maximum atomic E-state index is 13.4. The number of hydrogen-bond donors (Lipinski definition) is 1. The van der Waals surface area contributed by atoms with Crippen LogP contribution in [0.1, 0.15) is 22.4 Å². The highest BCUT2D eigenvalue weighted by Gasteiger charge is 2.31. The molecule has 0 amide bonds. The molecule has 0 radical (unpaired) electrons. The van der Waals surface area contributed by atoms with Gasteiger partial charge in [0, 0.05) is 26.8 Å². The first-order valence-electron chi connectivity index (χ1n) is 8.09. The molecule has 3 rings (SSSR count). The number of nitrogens with one attached hydrogen (secondary N) is 1. The highest BCUT2D eigenvalue weighted by molar-refractivity contribution is 14.1. The lowest BCUT2D eigenvalue weighted by Gasteiger charge is -2.16. The molecule has 0 bridgehead atoms. The molecule has 0 aliphatic carbocycles. The van der Waals surface area contributed by atoms with E-state index in [9.17, 15) is 13.2 Å². The monoisotopic (exact) mass is 483 g/mol. The van der Waals surface area contributed by atoms with Crippen molar-refractivity contribution in [2.24, 2.45) is 0 Å². The molecule has 0 saturated heterocycles. The number of alkyl halides is 3. The van der Waals surface area contributed by atoms with Gasteiger partial charge in [0.05, 0.1) is 17.6 Å². The maximum absolute atomic E-state index is 13.4. The normalized spacial score (nSPS) is 11.5. The van der Waals surface area contributed by atoms with Gasteiger partial charge in [0.1, 0.15) is 0 Å². The summed E-state index contributed by atoms with van der Waals surface area (Å²) in [7, 11) is 0. The zero-order valence-electron chi connectivity index (χ0n) is 14.7. The predicted molar refractivity (Wildman–Crippen MR) is 110 cm³/mol. The summed E-state index contributed by atoms with van der Waals surface area (Å²) < 4.78 is 42.7. The van der Waals surface area contributed by atoms with Crippen molar-refractivity contribution in [3.05, 3.63) is 81.5 Å². The minimum atomic E-state index is -4.46. The summed E-state index contributed by atoms with van der Waals surface area (Å²) in [4.78, 5) is 4.08. The lowest BCUT2D eigenvalue weighted by Crippen LogP contribution is -2.08. The molecule has 0 unspecified atom stereocenters. The van der Waals surface area contributed by atoms with Crippen LogP contribution in [0.25, 0.3) is 11.4 Å². The van der Waals surface area contributed by atoms with Gasteiger partial charge in [-0.15, -0.1) is 0 Å². The fourth-order valence-corrected chi connectivity index (χ4v) is 3.10. The van der Waals surface area contributed by atoms with Crippen molar-refractivity contribution in [1.82, 2.24) is 9.55 Å². The Labute approximate surface area is 169 Å². The van der Waals surface area contributed by atoms with Gasteiger partial charge in [0.15, 0.2) is 0 Å². The maximum Gasteiger partial charge on any atom is 0.416 e. The zero-order chi connectivity index (χ0) is 19.8. The quantitative estimate of drug-likeness (QED) is 0.449. The van der Waals surface area contributed by atoms with Crippen LogP contribution in [-0.2, 0) is 6.18 Å². The van der Waals surface area contributed by atoms with Gasteiger partial charge in [-0.25, -0.2) is 4.98 Å². The van der Waals surface area contributed by atoms with E-state index in [1.54, 1.807) is 23.8 Å². The van der Waals surface area contributed by atoms with Crippen LogP contribution in [0, 0.1) is 17.4 Å². The molecule has 1 aromatic heterocycles. The van der Waals surface area contributed by atoms with E-state index < -0.39 is 11.7 Å². The molecular weight excluding hydrogens is 466 g/mol. The second-order valence-electron chi connectivity index (χ2n) is 6.26. The van der Waals surface area contributed by atoms with E-state index in [4.69, 9.17) is 0 Å². The number of anilines is 1. The van der Waals surface area contributed by atoms with Crippen LogP contribution in [0.2, 0.25) is 0 Å². The Morgan fingerprint density at radius 2 is 1.89 bits per heavy atom. The van der Waals surface area contributed by atoms with E-state index in [-0.39, 0.29) is 0 Å². The molecule has 0 aliphatic heterocycles. The molecule has 7 heteroatoms. The third-order valence-corrected chi connectivity index (χ3v) is 5.23. The Kier molecular flexibility index (Phi) is 5.32. The number of halogens is 4. The van der Waals surface area contributed by atoms with Gasteiger partial charge in [-0.3, -0.25) is 0 Å². The molecule has 0 fully saturated rings. The van der Waals surface area contributed by atoms with Gasteiger partial charge in [0.2, 0.25) is 0 Å². The van der Waals surface area contributed by atoms with Gasteiger partial charge in [-0.05, 0) is 71.8 Å². The third-order valence-electron chi connectivity index (χ3n) is 4.07. The first kappa shape index (κ1) is 19.5. The summed E-state index contributed by atoms with van der Waals surface area (Å²) in [5.41, 5.74) is 3.15. The van der Waals surface area contributed by atoms with Crippen LogP contribution >= 0.6 is 22.6 Å². The summed E-state index contributed by atoms with van der Waals surface area (Å²) in [5.74, 6) is 0. The average Bonchev–Trinajstić information content (AvgIpc) is 3.02. The van der Waals surface area contributed by atoms with Gasteiger partial charge < -0.3 is 9.88 Å². The Morgan fingerprint density at radius 3 is 2.48 bits per heavy atom. The van der Waals surface area contributed by atoms with Crippen molar-refractivity contribution < 1.29 is 13.2 Å². The molecular formula is C20H17F3IN3. The molecule has 1 N–H and O–H groups in total. The summed E-state index contributed by atoms with van der Waals surface area (Å²) in [5, 5.41) is 3.00. The number of nitrogens with zero attached hydrogens (tertiary/aromatic N) is 2. The van der Waals surface area contributed by atoms with Crippen molar-refractivity contribution in [3.8, 4) is 5.69 Å². The zero-order valence-corrected chi connectivity index (χ0v) is 16.9. The number of imidazole rings is 1. The highest BCUT2D eigenvalue weighted by atomic mass is 127. The fraction of sp³-hybridized carbons (Fsp3) is 0.150. The average molecular weight is 483 g/mol. The summed E-state index contributed by atoms with van der Waals surface area (Å²) >= 11 is 2.22. The Balaban J connectivity index is 1.98. The molecule has 3 aromatic rings. The predicted octanol–water partition coefficient (Wildman–Crippen LogP) is 6.20.